The van der Waals surface area contributed by atoms with Crippen molar-refractivity contribution in [3.8, 4) is 0 Å². The van der Waals surface area contributed by atoms with Crippen LogP contribution >= 0.6 is 0 Å². The predicted molar refractivity (Wildman–Crippen MR) is 59.7 cm³/mol. The summed E-state index contributed by atoms with van der Waals surface area (Å²) >= 11 is 0. The number of aliphatic carboxylic acids is 1. The van der Waals surface area contributed by atoms with Crippen molar-refractivity contribution in [2.24, 2.45) is 0 Å². The molecule has 0 bridgehead atoms. The molecule has 0 radical (unpaired) electrons. The molecule has 88 valence electrons. The van der Waals surface area contributed by atoms with Crippen LogP contribution in [0.4, 0.5) is 0 Å². The van der Waals surface area contributed by atoms with Crippen LogP contribution in [0.25, 0.3) is 11.0 Å². The zero-order valence-corrected chi connectivity index (χ0v) is 8.84. The van der Waals surface area contributed by atoms with Crippen LogP contribution in [0.1, 0.15) is 11.1 Å². The van der Waals surface area contributed by atoms with Crippen molar-refractivity contribution >= 4 is 16.9 Å². The highest BCUT2D eigenvalue weighted by molar-refractivity contribution is 5.84. The van der Waals surface area contributed by atoms with Gasteiger partial charge in [-0.05, 0) is 17.2 Å². The summed E-state index contributed by atoms with van der Waals surface area (Å²) in [6.07, 6.45) is -0.236. The van der Waals surface area contributed by atoms with Crippen molar-refractivity contribution in [2.45, 2.75) is 13.0 Å². The number of benzene rings is 1. The van der Waals surface area contributed by atoms with E-state index in [4.69, 9.17) is 14.6 Å². The number of aliphatic hydroxyl groups excluding tert-OH is 1. The monoisotopic (exact) mass is 234 g/mol. The molecule has 0 fully saturated rings. The number of hydrogen-bond donors (Lipinski definition) is 2. The molecular formula is C12H10O5. The quantitative estimate of drug-likeness (QED) is 0.771. The van der Waals surface area contributed by atoms with Crippen LogP contribution in [0.3, 0.4) is 0 Å². The Labute approximate surface area is 95.9 Å². The molecule has 2 N–H and O–H groups in total. The summed E-state index contributed by atoms with van der Waals surface area (Å²) in [5, 5.41) is 18.3. The second kappa shape index (κ2) is 4.39. The third-order valence-corrected chi connectivity index (χ3v) is 2.42. The minimum absolute atomic E-state index is 0.164. The van der Waals surface area contributed by atoms with Crippen LogP contribution < -0.4 is 5.63 Å². The molecule has 0 spiro atoms. The Hall–Kier alpha value is -2.14. The molecule has 0 atom stereocenters. The molecule has 1 aromatic carbocycles. The van der Waals surface area contributed by atoms with Gasteiger partial charge in [-0.25, -0.2) is 4.79 Å². The minimum Gasteiger partial charge on any atom is -0.481 e. The molecule has 0 aliphatic heterocycles. The van der Waals surface area contributed by atoms with Crippen molar-refractivity contribution in [3.63, 3.8) is 0 Å². The first-order valence-electron chi connectivity index (χ1n) is 4.98. The average molecular weight is 234 g/mol. The number of carboxylic acid groups (broad SMARTS) is 1. The Bertz CT molecular complexity index is 626. The van der Waals surface area contributed by atoms with Crippen LogP contribution in [0.5, 0.6) is 0 Å². The van der Waals surface area contributed by atoms with Crippen molar-refractivity contribution in [2.75, 3.05) is 0 Å². The summed E-state index contributed by atoms with van der Waals surface area (Å²) in [6.45, 7) is -0.164. The van der Waals surface area contributed by atoms with Gasteiger partial charge in [0.2, 0.25) is 0 Å². The third kappa shape index (κ3) is 2.34. The van der Waals surface area contributed by atoms with Gasteiger partial charge in [0.05, 0.1) is 13.0 Å². The van der Waals surface area contributed by atoms with Crippen LogP contribution in [-0.2, 0) is 17.8 Å². The number of carboxylic acids is 1. The van der Waals surface area contributed by atoms with Gasteiger partial charge in [0.15, 0.2) is 0 Å². The van der Waals surface area contributed by atoms with E-state index < -0.39 is 11.6 Å². The zero-order valence-electron chi connectivity index (χ0n) is 8.84. The average Bonchev–Trinajstić information content (AvgIpc) is 2.27. The molecule has 5 nitrogen and oxygen atoms in total. The Morgan fingerprint density at radius 3 is 2.71 bits per heavy atom. The maximum Gasteiger partial charge on any atom is 0.336 e. The molecule has 0 unspecified atom stereocenters. The highest BCUT2D eigenvalue weighted by atomic mass is 16.4. The summed E-state index contributed by atoms with van der Waals surface area (Å²) in [4.78, 5) is 21.9. The van der Waals surface area contributed by atoms with E-state index in [1.54, 1.807) is 12.1 Å². The van der Waals surface area contributed by atoms with E-state index in [0.717, 1.165) is 0 Å². The number of fused-ring (bicyclic) bond motifs is 1. The van der Waals surface area contributed by atoms with Crippen LogP contribution in [0.2, 0.25) is 0 Å². The molecular weight excluding hydrogens is 224 g/mol. The first-order chi connectivity index (χ1) is 8.10. The standard InChI is InChI=1S/C12H10O5/c13-6-7-1-2-9-8(4-11(14)15)5-12(16)17-10(9)3-7/h1-3,5,13H,4,6H2,(H,14,15). The summed E-state index contributed by atoms with van der Waals surface area (Å²) < 4.78 is 4.97. The molecule has 0 aliphatic rings. The van der Waals surface area contributed by atoms with Gasteiger partial charge in [0, 0.05) is 11.5 Å². The van der Waals surface area contributed by atoms with Crippen molar-refractivity contribution in [3.05, 3.63) is 45.8 Å². The largest absolute Gasteiger partial charge is 0.481 e. The van der Waals surface area contributed by atoms with Crippen molar-refractivity contribution in [1.82, 2.24) is 0 Å². The lowest BCUT2D eigenvalue weighted by Crippen LogP contribution is -2.06. The fourth-order valence-electron chi connectivity index (χ4n) is 1.68. The van der Waals surface area contributed by atoms with Gasteiger partial charge in [-0.1, -0.05) is 12.1 Å². The molecule has 5 heteroatoms. The van der Waals surface area contributed by atoms with E-state index in [1.165, 1.54) is 12.1 Å². The smallest absolute Gasteiger partial charge is 0.336 e. The van der Waals surface area contributed by atoms with E-state index in [-0.39, 0.29) is 13.0 Å². The molecule has 1 aromatic heterocycles. The first-order valence-corrected chi connectivity index (χ1v) is 4.98. The zero-order chi connectivity index (χ0) is 12.4. The fourth-order valence-corrected chi connectivity index (χ4v) is 1.68. The second-order valence-electron chi connectivity index (χ2n) is 3.65. The Morgan fingerprint density at radius 2 is 2.06 bits per heavy atom. The highest BCUT2D eigenvalue weighted by Gasteiger charge is 2.09. The number of aliphatic hydroxyl groups is 1. The van der Waals surface area contributed by atoms with E-state index in [1.807, 2.05) is 0 Å². The van der Waals surface area contributed by atoms with Gasteiger partial charge in [-0.3, -0.25) is 4.79 Å². The highest BCUT2D eigenvalue weighted by Crippen LogP contribution is 2.19. The Kier molecular flexibility index (Phi) is 2.93. The lowest BCUT2D eigenvalue weighted by Gasteiger charge is -2.04. The van der Waals surface area contributed by atoms with E-state index >= 15 is 0 Å². The molecule has 2 rings (SSSR count). The minimum atomic E-state index is -1.01. The molecule has 1 heterocycles. The second-order valence-corrected chi connectivity index (χ2v) is 3.65. The molecule has 2 aromatic rings. The molecule has 0 saturated carbocycles. The van der Waals surface area contributed by atoms with E-state index in [0.29, 0.717) is 22.1 Å². The number of carbonyl (C=O) groups is 1. The van der Waals surface area contributed by atoms with Gasteiger partial charge < -0.3 is 14.6 Å². The third-order valence-electron chi connectivity index (χ3n) is 2.42. The lowest BCUT2D eigenvalue weighted by atomic mass is 10.1. The molecule has 0 saturated heterocycles. The summed E-state index contributed by atoms with van der Waals surface area (Å²) in [5.41, 5.74) is 0.713. The number of hydrogen-bond acceptors (Lipinski definition) is 4. The van der Waals surface area contributed by atoms with E-state index in [2.05, 4.69) is 0 Å². The summed E-state index contributed by atoms with van der Waals surface area (Å²) in [5.74, 6) is -1.01. The van der Waals surface area contributed by atoms with Crippen LogP contribution in [0.15, 0.2) is 33.5 Å². The number of rotatable bonds is 3. The first kappa shape index (κ1) is 11.3. The van der Waals surface area contributed by atoms with Crippen LogP contribution in [-0.4, -0.2) is 16.2 Å². The van der Waals surface area contributed by atoms with E-state index in [9.17, 15) is 9.59 Å². The van der Waals surface area contributed by atoms with Gasteiger partial charge in [-0.15, -0.1) is 0 Å². The maximum absolute atomic E-state index is 11.3. The van der Waals surface area contributed by atoms with Gasteiger partial charge in [0.25, 0.3) is 0 Å². The van der Waals surface area contributed by atoms with Gasteiger partial charge >= 0.3 is 11.6 Å². The SMILES string of the molecule is O=C(O)Cc1cc(=O)oc2cc(CO)ccc12. The Balaban J connectivity index is 2.67. The Morgan fingerprint density at radius 1 is 1.29 bits per heavy atom. The van der Waals surface area contributed by atoms with Gasteiger partial charge in [0.1, 0.15) is 5.58 Å². The normalized spacial score (nSPS) is 10.6. The summed E-state index contributed by atoms with van der Waals surface area (Å²) in [7, 11) is 0. The predicted octanol–water partition coefficient (Wildman–Crippen LogP) is 0.912. The van der Waals surface area contributed by atoms with Crippen molar-refractivity contribution in [1.29, 1.82) is 0 Å². The van der Waals surface area contributed by atoms with Crippen LogP contribution in [0, 0.1) is 0 Å². The topological polar surface area (TPSA) is 87.7 Å². The maximum atomic E-state index is 11.3. The molecule has 17 heavy (non-hydrogen) atoms. The fraction of sp³-hybridized carbons (Fsp3) is 0.167. The van der Waals surface area contributed by atoms with Gasteiger partial charge in [-0.2, -0.15) is 0 Å². The molecule has 0 amide bonds. The van der Waals surface area contributed by atoms with Crippen molar-refractivity contribution < 1.29 is 19.4 Å². The molecule has 0 aliphatic carbocycles. The lowest BCUT2D eigenvalue weighted by molar-refractivity contribution is -0.136. The summed E-state index contributed by atoms with van der Waals surface area (Å²) in [6, 6.07) is 6.01.